The van der Waals surface area contributed by atoms with Crippen LogP contribution in [-0.4, -0.2) is 50.8 Å². The van der Waals surface area contributed by atoms with E-state index in [1.54, 1.807) is 14.2 Å². The number of likely N-dealkylation sites (tertiary alicyclic amines) is 1. The summed E-state index contributed by atoms with van der Waals surface area (Å²) in [5.74, 6) is 1.55. The van der Waals surface area contributed by atoms with Gasteiger partial charge in [-0.25, -0.2) is 0 Å². The lowest BCUT2D eigenvalue weighted by molar-refractivity contribution is -0.149. The van der Waals surface area contributed by atoms with Gasteiger partial charge in [-0.3, -0.25) is 4.79 Å². The summed E-state index contributed by atoms with van der Waals surface area (Å²) in [5.41, 5.74) is 1.23. The highest BCUT2D eigenvalue weighted by Gasteiger charge is 2.28. The molecule has 1 fully saturated rings. The Hall–Kier alpha value is -1.75. The Labute approximate surface area is 144 Å². The molecule has 0 N–H and O–H groups in total. The quantitative estimate of drug-likeness (QED) is 0.717. The molecule has 0 saturated carbocycles. The van der Waals surface area contributed by atoms with Gasteiger partial charge in [0, 0.05) is 6.04 Å². The molecule has 0 bridgehead atoms. The zero-order valence-corrected chi connectivity index (χ0v) is 15.2. The van der Waals surface area contributed by atoms with Crippen LogP contribution < -0.4 is 9.47 Å². The molecular formula is C19H29NO4. The zero-order chi connectivity index (χ0) is 17.5. The fourth-order valence-electron chi connectivity index (χ4n) is 3.31. The molecule has 0 aromatic heterocycles. The van der Waals surface area contributed by atoms with Crippen LogP contribution in [0.1, 0.15) is 32.3 Å². The van der Waals surface area contributed by atoms with Crippen molar-refractivity contribution in [3.8, 4) is 11.5 Å². The number of carbonyl (C=O) groups excluding carboxylic acids is 1. The Kier molecular flexibility index (Phi) is 6.91. The van der Waals surface area contributed by atoms with E-state index in [0.29, 0.717) is 12.6 Å². The number of ether oxygens (including phenoxy) is 3. The van der Waals surface area contributed by atoms with Crippen LogP contribution in [0.2, 0.25) is 0 Å². The van der Waals surface area contributed by atoms with E-state index in [0.717, 1.165) is 43.9 Å². The number of carbonyl (C=O) groups is 1. The minimum absolute atomic E-state index is 0.0373. The summed E-state index contributed by atoms with van der Waals surface area (Å²) in [6, 6.07) is 6.50. The predicted molar refractivity (Wildman–Crippen MR) is 93.6 cm³/mol. The lowest BCUT2D eigenvalue weighted by Gasteiger charge is -2.35. The van der Waals surface area contributed by atoms with Crippen molar-refractivity contribution in [1.29, 1.82) is 0 Å². The molecule has 0 spiro atoms. The fraction of sp³-hybridized carbons (Fsp3) is 0.632. The number of methoxy groups -OCH3 is 2. The van der Waals surface area contributed by atoms with E-state index in [1.165, 1.54) is 5.56 Å². The van der Waals surface area contributed by atoms with E-state index < -0.39 is 0 Å². The Morgan fingerprint density at radius 2 is 1.88 bits per heavy atom. The summed E-state index contributed by atoms with van der Waals surface area (Å²) >= 11 is 0. The van der Waals surface area contributed by atoms with Gasteiger partial charge in [-0.2, -0.15) is 0 Å². The van der Waals surface area contributed by atoms with Gasteiger partial charge in [-0.1, -0.05) is 6.07 Å². The molecule has 1 aromatic rings. The van der Waals surface area contributed by atoms with E-state index in [9.17, 15) is 4.79 Å². The molecule has 5 heteroatoms. The van der Waals surface area contributed by atoms with E-state index >= 15 is 0 Å². The first-order valence-electron chi connectivity index (χ1n) is 8.70. The maximum absolute atomic E-state index is 11.8. The van der Waals surface area contributed by atoms with E-state index in [4.69, 9.17) is 14.2 Å². The first kappa shape index (κ1) is 18.6. The number of rotatable bonds is 7. The SMILES string of the molecule is CCOC(=O)C1CCN(C(C)Cc2ccc(OC)c(OC)c2)CC1. The molecule has 5 nitrogen and oxygen atoms in total. The highest BCUT2D eigenvalue weighted by Crippen LogP contribution is 2.29. The largest absolute Gasteiger partial charge is 0.493 e. The topological polar surface area (TPSA) is 48.0 Å². The monoisotopic (exact) mass is 335 g/mol. The van der Waals surface area contributed by atoms with Gasteiger partial charge in [-0.05, 0) is 63.9 Å². The summed E-state index contributed by atoms with van der Waals surface area (Å²) in [6.07, 6.45) is 2.72. The molecule has 0 radical (unpaired) electrons. The molecule has 1 heterocycles. The zero-order valence-electron chi connectivity index (χ0n) is 15.2. The normalized spacial score (nSPS) is 17.3. The van der Waals surface area contributed by atoms with Crippen molar-refractivity contribution >= 4 is 5.97 Å². The first-order valence-corrected chi connectivity index (χ1v) is 8.70. The van der Waals surface area contributed by atoms with Crippen LogP contribution in [0.4, 0.5) is 0 Å². The van der Waals surface area contributed by atoms with Gasteiger partial charge in [0.2, 0.25) is 0 Å². The summed E-state index contributed by atoms with van der Waals surface area (Å²) in [6.45, 7) is 6.45. The van der Waals surface area contributed by atoms with Crippen LogP contribution in [0.15, 0.2) is 18.2 Å². The van der Waals surface area contributed by atoms with Crippen LogP contribution in [0.5, 0.6) is 11.5 Å². The average molecular weight is 335 g/mol. The van der Waals surface area contributed by atoms with Crippen molar-refractivity contribution in [1.82, 2.24) is 4.90 Å². The average Bonchev–Trinajstić information content (AvgIpc) is 2.61. The number of esters is 1. The second-order valence-electron chi connectivity index (χ2n) is 6.30. The van der Waals surface area contributed by atoms with Crippen molar-refractivity contribution in [2.75, 3.05) is 33.9 Å². The molecule has 1 aliphatic heterocycles. The Bertz CT molecular complexity index is 538. The first-order chi connectivity index (χ1) is 11.6. The maximum Gasteiger partial charge on any atom is 0.309 e. The van der Waals surface area contributed by atoms with Crippen LogP contribution in [0.25, 0.3) is 0 Å². The molecule has 1 saturated heterocycles. The Balaban J connectivity index is 1.89. The van der Waals surface area contributed by atoms with E-state index in [-0.39, 0.29) is 11.9 Å². The number of hydrogen-bond donors (Lipinski definition) is 0. The fourth-order valence-corrected chi connectivity index (χ4v) is 3.31. The minimum atomic E-state index is -0.0373. The Morgan fingerprint density at radius 1 is 1.21 bits per heavy atom. The van der Waals surface area contributed by atoms with E-state index in [2.05, 4.69) is 17.9 Å². The lowest BCUT2D eigenvalue weighted by Crippen LogP contribution is -2.42. The second kappa shape index (κ2) is 8.92. The van der Waals surface area contributed by atoms with Gasteiger partial charge >= 0.3 is 5.97 Å². The summed E-state index contributed by atoms with van der Waals surface area (Å²) < 4.78 is 15.8. The smallest absolute Gasteiger partial charge is 0.309 e. The van der Waals surface area contributed by atoms with Crippen LogP contribution in [0.3, 0.4) is 0 Å². The van der Waals surface area contributed by atoms with Crippen LogP contribution >= 0.6 is 0 Å². The molecule has 2 rings (SSSR count). The number of piperidine rings is 1. The third-order valence-electron chi connectivity index (χ3n) is 4.75. The second-order valence-corrected chi connectivity index (χ2v) is 6.30. The van der Waals surface area contributed by atoms with Gasteiger partial charge in [0.15, 0.2) is 11.5 Å². The molecule has 1 atom stereocenters. The van der Waals surface area contributed by atoms with Gasteiger partial charge in [0.25, 0.3) is 0 Å². The third-order valence-corrected chi connectivity index (χ3v) is 4.75. The molecule has 0 aliphatic carbocycles. The van der Waals surface area contributed by atoms with Gasteiger partial charge in [0.05, 0.1) is 26.7 Å². The van der Waals surface area contributed by atoms with Gasteiger partial charge in [0.1, 0.15) is 0 Å². The minimum Gasteiger partial charge on any atom is -0.493 e. The molecule has 0 amide bonds. The molecule has 1 aromatic carbocycles. The molecule has 134 valence electrons. The van der Waals surface area contributed by atoms with E-state index in [1.807, 2.05) is 19.1 Å². The van der Waals surface area contributed by atoms with Crippen molar-refractivity contribution in [3.63, 3.8) is 0 Å². The maximum atomic E-state index is 11.8. The third kappa shape index (κ3) is 4.63. The summed E-state index contributed by atoms with van der Waals surface area (Å²) in [5, 5.41) is 0. The van der Waals surface area contributed by atoms with Crippen molar-refractivity contribution in [3.05, 3.63) is 23.8 Å². The number of nitrogens with zero attached hydrogens (tertiary/aromatic N) is 1. The number of benzene rings is 1. The predicted octanol–water partition coefficient (Wildman–Crippen LogP) is 2.91. The van der Waals surface area contributed by atoms with Gasteiger partial charge in [-0.15, -0.1) is 0 Å². The number of hydrogen-bond acceptors (Lipinski definition) is 5. The van der Waals surface area contributed by atoms with Crippen molar-refractivity contribution < 1.29 is 19.0 Å². The summed E-state index contributed by atoms with van der Waals surface area (Å²) in [7, 11) is 3.30. The highest BCUT2D eigenvalue weighted by molar-refractivity contribution is 5.72. The van der Waals surface area contributed by atoms with Crippen molar-refractivity contribution in [2.45, 2.75) is 39.2 Å². The molecule has 1 aliphatic rings. The van der Waals surface area contributed by atoms with Crippen LogP contribution in [0, 0.1) is 5.92 Å². The highest BCUT2D eigenvalue weighted by atomic mass is 16.5. The molecular weight excluding hydrogens is 306 g/mol. The van der Waals surface area contributed by atoms with Gasteiger partial charge < -0.3 is 19.1 Å². The van der Waals surface area contributed by atoms with Crippen LogP contribution in [-0.2, 0) is 16.0 Å². The summed E-state index contributed by atoms with van der Waals surface area (Å²) in [4.78, 5) is 14.3. The molecule has 24 heavy (non-hydrogen) atoms. The molecule has 1 unspecified atom stereocenters. The Morgan fingerprint density at radius 3 is 2.46 bits per heavy atom. The lowest BCUT2D eigenvalue weighted by atomic mass is 9.95. The van der Waals surface area contributed by atoms with Crippen molar-refractivity contribution in [2.24, 2.45) is 5.92 Å². The standard InChI is InChI=1S/C19H29NO4/c1-5-24-19(21)16-8-10-20(11-9-16)14(2)12-15-6-7-17(22-3)18(13-15)23-4/h6-7,13-14,16H,5,8-12H2,1-4H3.